The Hall–Kier alpha value is -1.06. The summed E-state index contributed by atoms with van der Waals surface area (Å²) in [5, 5.41) is 8.63. The fourth-order valence-corrected chi connectivity index (χ4v) is 2.78. The van der Waals surface area contributed by atoms with E-state index in [1.807, 2.05) is 6.92 Å². The number of hydrogen-bond donors (Lipinski definition) is 1. The molecule has 0 bridgehead atoms. The van der Waals surface area contributed by atoms with Gasteiger partial charge in [0.05, 0.1) is 6.42 Å². The van der Waals surface area contributed by atoms with Crippen molar-refractivity contribution >= 4 is 11.9 Å². The van der Waals surface area contributed by atoms with Crippen molar-refractivity contribution < 1.29 is 14.7 Å². The second-order valence-electron chi connectivity index (χ2n) is 5.39. The molecule has 0 aromatic rings. The molecule has 4 heteroatoms. The third kappa shape index (κ3) is 4.67. The molecule has 1 atom stereocenters. The number of aliphatic carboxylic acids is 1. The summed E-state index contributed by atoms with van der Waals surface area (Å²) in [4.78, 5) is 24.3. The summed E-state index contributed by atoms with van der Waals surface area (Å²) in [5.41, 5.74) is 0. The van der Waals surface area contributed by atoms with E-state index >= 15 is 0 Å². The number of amides is 1. The SMILES string of the molecule is CCC(CC1CCCC1)C(=O)N(C)CCC(=O)O. The summed E-state index contributed by atoms with van der Waals surface area (Å²) >= 11 is 0. The zero-order valence-electron chi connectivity index (χ0n) is 11.5. The first-order chi connectivity index (χ1) is 8.54. The van der Waals surface area contributed by atoms with E-state index < -0.39 is 5.97 Å². The molecule has 1 aliphatic carbocycles. The van der Waals surface area contributed by atoms with Crippen molar-refractivity contribution in [2.45, 2.75) is 51.9 Å². The van der Waals surface area contributed by atoms with Crippen LogP contribution in [0.4, 0.5) is 0 Å². The van der Waals surface area contributed by atoms with Crippen LogP contribution in [0.2, 0.25) is 0 Å². The van der Waals surface area contributed by atoms with E-state index in [0.29, 0.717) is 12.5 Å². The Morgan fingerprint density at radius 3 is 2.44 bits per heavy atom. The van der Waals surface area contributed by atoms with Crippen LogP contribution in [0.5, 0.6) is 0 Å². The van der Waals surface area contributed by atoms with E-state index in [-0.39, 0.29) is 18.2 Å². The molecule has 1 aliphatic rings. The second-order valence-corrected chi connectivity index (χ2v) is 5.39. The van der Waals surface area contributed by atoms with E-state index in [1.54, 1.807) is 11.9 Å². The van der Waals surface area contributed by atoms with Crippen LogP contribution in [0.25, 0.3) is 0 Å². The molecule has 0 aromatic carbocycles. The third-order valence-electron chi connectivity index (χ3n) is 3.97. The van der Waals surface area contributed by atoms with Crippen molar-refractivity contribution in [1.29, 1.82) is 0 Å². The number of hydrogen-bond acceptors (Lipinski definition) is 2. The quantitative estimate of drug-likeness (QED) is 0.760. The number of carboxylic acids is 1. The third-order valence-corrected chi connectivity index (χ3v) is 3.97. The van der Waals surface area contributed by atoms with Gasteiger partial charge in [-0.3, -0.25) is 9.59 Å². The number of carboxylic acid groups (broad SMARTS) is 1. The minimum atomic E-state index is -0.849. The zero-order chi connectivity index (χ0) is 13.5. The van der Waals surface area contributed by atoms with Crippen molar-refractivity contribution in [3.8, 4) is 0 Å². The van der Waals surface area contributed by atoms with Crippen molar-refractivity contribution in [3.05, 3.63) is 0 Å². The summed E-state index contributed by atoms with van der Waals surface area (Å²) in [5.74, 6) is 0.0443. The van der Waals surface area contributed by atoms with Crippen molar-refractivity contribution in [2.24, 2.45) is 11.8 Å². The normalized spacial score (nSPS) is 17.7. The van der Waals surface area contributed by atoms with Crippen LogP contribution in [-0.4, -0.2) is 35.5 Å². The van der Waals surface area contributed by atoms with Crippen LogP contribution in [0.3, 0.4) is 0 Å². The maximum atomic E-state index is 12.2. The minimum absolute atomic E-state index is 0.0299. The highest BCUT2D eigenvalue weighted by atomic mass is 16.4. The summed E-state index contributed by atoms with van der Waals surface area (Å²) in [6.07, 6.45) is 6.96. The van der Waals surface area contributed by atoms with Gasteiger partial charge in [0.25, 0.3) is 0 Å². The molecule has 0 aromatic heterocycles. The highest BCUT2D eigenvalue weighted by molar-refractivity contribution is 5.79. The summed E-state index contributed by atoms with van der Waals surface area (Å²) in [6.45, 7) is 2.36. The smallest absolute Gasteiger partial charge is 0.305 e. The number of carbonyl (C=O) groups is 2. The first-order valence-electron chi connectivity index (χ1n) is 7.01. The van der Waals surface area contributed by atoms with E-state index in [2.05, 4.69) is 0 Å². The maximum absolute atomic E-state index is 12.2. The molecule has 18 heavy (non-hydrogen) atoms. The number of rotatable bonds is 7. The lowest BCUT2D eigenvalue weighted by Crippen LogP contribution is -2.35. The molecular formula is C14H25NO3. The predicted molar refractivity (Wildman–Crippen MR) is 70.2 cm³/mol. The van der Waals surface area contributed by atoms with Gasteiger partial charge in [0, 0.05) is 19.5 Å². The van der Waals surface area contributed by atoms with E-state index in [1.165, 1.54) is 25.7 Å². The maximum Gasteiger partial charge on any atom is 0.305 e. The Labute approximate surface area is 109 Å². The molecule has 1 fully saturated rings. The van der Waals surface area contributed by atoms with Crippen molar-refractivity contribution in [1.82, 2.24) is 4.90 Å². The highest BCUT2D eigenvalue weighted by Gasteiger charge is 2.25. The number of nitrogens with zero attached hydrogens (tertiary/aromatic N) is 1. The van der Waals surface area contributed by atoms with Gasteiger partial charge < -0.3 is 10.0 Å². The van der Waals surface area contributed by atoms with Gasteiger partial charge in [0.2, 0.25) is 5.91 Å². The van der Waals surface area contributed by atoms with Gasteiger partial charge in [-0.15, -0.1) is 0 Å². The van der Waals surface area contributed by atoms with Crippen LogP contribution in [0.1, 0.15) is 51.9 Å². The Balaban J connectivity index is 2.41. The average Bonchev–Trinajstić information content (AvgIpc) is 2.84. The van der Waals surface area contributed by atoms with E-state index in [9.17, 15) is 9.59 Å². The molecule has 4 nitrogen and oxygen atoms in total. The molecule has 1 unspecified atom stereocenters. The fourth-order valence-electron chi connectivity index (χ4n) is 2.78. The topological polar surface area (TPSA) is 57.6 Å². The standard InChI is InChI=1S/C14H25NO3/c1-3-12(10-11-6-4-5-7-11)14(18)15(2)9-8-13(16)17/h11-12H,3-10H2,1-2H3,(H,16,17). The monoisotopic (exact) mass is 255 g/mol. The Bertz CT molecular complexity index is 285. The highest BCUT2D eigenvalue weighted by Crippen LogP contribution is 2.31. The van der Waals surface area contributed by atoms with Gasteiger partial charge >= 0.3 is 5.97 Å². The van der Waals surface area contributed by atoms with Crippen molar-refractivity contribution in [3.63, 3.8) is 0 Å². The molecule has 1 rings (SSSR count). The molecule has 0 saturated heterocycles. The largest absolute Gasteiger partial charge is 0.481 e. The molecule has 0 aliphatic heterocycles. The first-order valence-corrected chi connectivity index (χ1v) is 7.01. The zero-order valence-corrected chi connectivity index (χ0v) is 11.5. The lowest BCUT2D eigenvalue weighted by Gasteiger charge is -2.24. The van der Waals surface area contributed by atoms with Crippen LogP contribution in [-0.2, 0) is 9.59 Å². The van der Waals surface area contributed by atoms with Gasteiger partial charge in [0.1, 0.15) is 0 Å². The van der Waals surface area contributed by atoms with E-state index in [4.69, 9.17) is 5.11 Å². The molecule has 1 N–H and O–H groups in total. The second kappa shape index (κ2) is 7.39. The molecular weight excluding hydrogens is 230 g/mol. The molecule has 0 heterocycles. The van der Waals surface area contributed by atoms with Crippen LogP contribution in [0.15, 0.2) is 0 Å². The van der Waals surface area contributed by atoms with E-state index in [0.717, 1.165) is 12.8 Å². The number of carbonyl (C=O) groups excluding carboxylic acids is 1. The van der Waals surface area contributed by atoms with Crippen LogP contribution in [0, 0.1) is 11.8 Å². The van der Waals surface area contributed by atoms with Gasteiger partial charge in [-0.1, -0.05) is 32.6 Å². The van der Waals surface area contributed by atoms with Gasteiger partial charge in [-0.2, -0.15) is 0 Å². The molecule has 104 valence electrons. The van der Waals surface area contributed by atoms with Gasteiger partial charge in [-0.05, 0) is 18.8 Å². The summed E-state index contributed by atoms with van der Waals surface area (Å²) < 4.78 is 0. The summed E-state index contributed by atoms with van der Waals surface area (Å²) in [6, 6.07) is 0. The minimum Gasteiger partial charge on any atom is -0.481 e. The Morgan fingerprint density at radius 2 is 1.94 bits per heavy atom. The summed E-state index contributed by atoms with van der Waals surface area (Å²) in [7, 11) is 1.71. The lowest BCUT2D eigenvalue weighted by atomic mass is 9.90. The fraction of sp³-hybridized carbons (Fsp3) is 0.857. The average molecular weight is 255 g/mol. The van der Waals surface area contributed by atoms with Gasteiger partial charge in [-0.25, -0.2) is 0 Å². The Kier molecular flexibility index (Phi) is 6.16. The Morgan fingerprint density at radius 1 is 1.33 bits per heavy atom. The van der Waals surface area contributed by atoms with Crippen molar-refractivity contribution in [2.75, 3.05) is 13.6 Å². The molecule has 1 amide bonds. The van der Waals surface area contributed by atoms with Crippen LogP contribution < -0.4 is 0 Å². The molecule has 0 spiro atoms. The predicted octanol–water partition coefficient (Wildman–Crippen LogP) is 2.53. The first kappa shape index (κ1) is 15.0. The lowest BCUT2D eigenvalue weighted by molar-refractivity contribution is -0.139. The molecule has 1 saturated carbocycles. The molecule has 0 radical (unpaired) electrons. The van der Waals surface area contributed by atoms with Gasteiger partial charge in [0.15, 0.2) is 0 Å². The van der Waals surface area contributed by atoms with Crippen LogP contribution >= 0.6 is 0 Å².